The monoisotopic (exact) mass is 415 g/mol. The van der Waals surface area contributed by atoms with Gasteiger partial charge in [-0.2, -0.15) is 0 Å². The molecule has 1 saturated carbocycles. The topological polar surface area (TPSA) is 55.4 Å². The summed E-state index contributed by atoms with van der Waals surface area (Å²) in [5, 5.41) is 2.77. The summed E-state index contributed by atoms with van der Waals surface area (Å²) in [5.41, 5.74) is 1.75. The van der Waals surface area contributed by atoms with Gasteiger partial charge in [0.2, 0.25) is 0 Å². The fourth-order valence-electron chi connectivity index (χ4n) is 2.79. The summed E-state index contributed by atoms with van der Waals surface area (Å²) in [6, 6.07) is 5.78. The third-order valence-corrected chi connectivity index (χ3v) is 4.73. The number of anilines is 1. The molecule has 0 aromatic heterocycles. The van der Waals surface area contributed by atoms with Crippen LogP contribution in [0.25, 0.3) is 0 Å². The van der Waals surface area contributed by atoms with Crippen molar-refractivity contribution >= 4 is 40.2 Å². The molecule has 0 unspecified atom stereocenters. The number of aryl methyl sites for hydroxylation is 1. The molecule has 5 heteroatoms. The highest BCUT2D eigenvalue weighted by Crippen LogP contribution is 2.28. The number of halogens is 1. The van der Waals surface area contributed by atoms with Gasteiger partial charge < -0.3 is 10.1 Å². The number of amides is 1. The normalized spacial score (nSPS) is 14.8. The number of carbonyl (C=O) groups excluding carboxylic acids is 2. The average Bonchev–Trinajstić information content (AvgIpc) is 2.99. The molecular weight excluding hydrogens is 393 g/mol. The molecule has 1 aliphatic carbocycles. The van der Waals surface area contributed by atoms with Gasteiger partial charge in [-0.3, -0.25) is 9.59 Å². The second-order valence-corrected chi connectivity index (χ2v) is 7.10. The van der Waals surface area contributed by atoms with E-state index in [1.54, 1.807) is 0 Å². The summed E-state index contributed by atoms with van der Waals surface area (Å²) >= 11 is 2.22. The lowest BCUT2D eigenvalue weighted by molar-refractivity contribution is -0.147. The van der Waals surface area contributed by atoms with Crippen molar-refractivity contribution in [3.63, 3.8) is 0 Å². The molecule has 0 aliphatic heterocycles. The first kappa shape index (κ1) is 17.2. The van der Waals surface area contributed by atoms with Gasteiger partial charge in [0, 0.05) is 15.7 Å². The molecule has 22 heavy (non-hydrogen) atoms. The molecule has 1 amide bonds. The Morgan fingerprint density at radius 3 is 2.73 bits per heavy atom. The van der Waals surface area contributed by atoms with E-state index in [1.807, 2.05) is 25.1 Å². The minimum absolute atomic E-state index is 0.213. The van der Waals surface area contributed by atoms with E-state index < -0.39 is 0 Å². The van der Waals surface area contributed by atoms with Crippen LogP contribution in [0.2, 0.25) is 0 Å². The third-order valence-electron chi connectivity index (χ3n) is 4.06. The van der Waals surface area contributed by atoms with Gasteiger partial charge in [0.1, 0.15) is 0 Å². The molecule has 0 atom stereocenters. The average molecular weight is 415 g/mol. The molecule has 1 aromatic rings. The predicted octanol–water partition coefficient (Wildman–Crippen LogP) is 4.05. The van der Waals surface area contributed by atoms with E-state index in [4.69, 9.17) is 4.74 Å². The maximum Gasteiger partial charge on any atom is 0.306 e. The van der Waals surface area contributed by atoms with Crippen molar-refractivity contribution in [2.45, 2.75) is 45.4 Å². The van der Waals surface area contributed by atoms with Crippen LogP contribution >= 0.6 is 22.6 Å². The molecule has 0 heterocycles. The molecule has 1 N–H and O–H groups in total. The van der Waals surface area contributed by atoms with Crippen LogP contribution in [-0.2, 0) is 14.3 Å². The van der Waals surface area contributed by atoms with Gasteiger partial charge in [-0.05, 0) is 65.6 Å². The number of ether oxygens (including phenoxy) is 1. The minimum atomic E-state index is -0.293. The van der Waals surface area contributed by atoms with Gasteiger partial charge in [-0.15, -0.1) is 0 Å². The summed E-state index contributed by atoms with van der Waals surface area (Å²) in [6.45, 7) is 1.72. The fraction of sp³-hybridized carbons (Fsp3) is 0.529. The van der Waals surface area contributed by atoms with E-state index in [-0.39, 0.29) is 18.5 Å². The molecule has 120 valence electrons. The van der Waals surface area contributed by atoms with Gasteiger partial charge in [0.25, 0.3) is 5.91 Å². The molecule has 0 bridgehead atoms. The summed E-state index contributed by atoms with van der Waals surface area (Å²) in [6.07, 6.45) is 6.30. The summed E-state index contributed by atoms with van der Waals surface area (Å²) < 4.78 is 6.16. The lowest BCUT2D eigenvalue weighted by atomic mass is 10.0. The minimum Gasteiger partial charge on any atom is -0.456 e. The van der Waals surface area contributed by atoms with Crippen molar-refractivity contribution in [2.75, 3.05) is 11.9 Å². The molecule has 0 saturated heterocycles. The quantitative estimate of drug-likeness (QED) is 0.564. The largest absolute Gasteiger partial charge is 0.456 e. The zero-order valence-electron chi connectivity index (χ0n) is 12.9. The first-order valence-electron chi connectivity index (χ1n) is 7.76. The van der Waals surface area contributed by atoms with Gasteiger partial charge >= 0.3 is 5.97 Å². The maximum atomic E-state index is 11.8. The SMILES string of the molecule is Cc1cc(I)ccc1NC(=O)COC(=O)CCC1CCCC1. The Kier molecular flexibility index (Phi) is 6.67. The van der Waals surface area contributed by atoms with Crippen LogP contribution in [0.3, 0.4) is 0 Å². The van der Waals surface area contributed by atoms with Gasteiger partial charge in [0.05, 0.1) is 0 Å². The molecule has 0 radical (unpaired) electrons. The van der Waals surface area contributed by atoms with Crippen LogP contribution < -0.4 is 5.32 Å². The highest BCUT2D eigenvalue weighted by atomic mass is 127. The van der Waals surface area contributed by atoms with Crippen LogP contribution in [0.15, 0.2) is 18.2 Å². The van der Waals surface area contributed by atoms with E-state index in [9.17, 15) is 9.59 Å². The van der Waals surface area contributed by atoms with Crippen LogP contribution in [0, 0.1) is 16.4 Å². The van der Waals surface area contributed by atoms with Crippen molar-refractivity contribution in [3.05, 3.63) is 27.3 Å². The highest BCUT2D eigenvalue weighted by molar-refractivity contribution is 14.1. The van der Waals surface area contributed by atoms with Crippen LogP contribution in [0.1, 0.15) is 44.1 Å². The van der Waals surface area contributed by atoms with Gasteiger partial charge in [0.15, 0.2) is 6.61 Å². The molecule has 2 rings (SSSR count). The van der Waals surface area contributed by atoms with Crippen molar-refractivity contribution in [2.24, 2.45) is 5.92 Å². The van der Waals surface area contributed by atoms with Crippen LogP contribution in [-0.4, -0.2) is 18.5 Å². The molecule has 0 spiro atoms. The van der Waals surface area contributed by atoms with Crippen LogP contribution in [0.4, 0.5) is 5.69 Å². The zero-order valence-corrected chi connectivity index (χ0v) is 15.0. The van der Waals surface area contributed by atoms with Gasteiger partial charge in [-0.1, -0.05) is 25.7 Å². The van der Waals surface area contributed by atoms with Gasteiger partial charge in [-0.25, -0.2) is 0 Å². The molecule has 4 nitrogen and oxygen atoms in total. The number of hydrogen-bond acceptors (Lipinski definition) is 3. The molecular formula is C17H22INO3. The standard InChI is InChI=1S/C17H22INO3/c1-12-10-14(18)7-8-15(12)19-16(20)11-22-17(21)9-6-13-4-2-3-5-13/h7-8,10,13H,2-6,9,11H2,1H3,(H,19,20). The second-order valence-electron chi connectivity index (χ2n) is 5.86. The van der Waals surface area contributed by atoms with E-state index in [0.29, 0.717) is 12.3 Å². The van der Waals surface area contributed by atoms with Crippen molar-refractivity contribution in [3.8, 4) is 0 Å². The van der Waals surface area contributed by atoms with Crippen LogP contribution in [0.5, 0.6) is 0 Å². The Labute approximate surface area is 145 Å². The highest BCUT2D eigenvalue weighted by Gasteiger charge is 2.17. The van der Waals surface area contributed by atoms with Crippen molar-refractivity contribution in [1.29, 1.82) is 0 Å². The lowest BCUT2D eigenvalue weighted by Crippen LogP contribution is -2.21. The Morgan fingerprint density at radius 2 is 2.05 bits per heavy atom. The lowest BCUT2D eigenvalue weighted by Gasteiger charge is -2.10. The summed E-state index contributed by atoms with van der Waals surface area (Å²) in [4.78, 5) is 23.5. The van der Waals surface area contributed by atoms with E-state index in [0.717, 1.165) is 21.2 Å². The third kappa shape index (κ3) is 5.59. The Bertz CT molecular complexity index is 539. The summed E-state index contributed by atoms with van der Waals surface area (Å²) in [7, 11) is 0. The smallest absolute Gasteiger partial charge is 0.306 e. The number of carbonyl (C=O) groups is 2. The molecule has 1 aromatic carbocycles. The zero-order chi connectivity index (χ0) is 15.9. The Morgan fingerprint density at radius 1 is 1.32 bits per heavy atom. The Hall–Kier alpha value is -1.11. The predicted molar refractivity (Wildman–Crippen MR) is 94.7 cm³/mol. The number of hydrogen-bond donors (Lipinski definition) is 1. The van der Waals surface area contributed by atoms with E-state index in [2.05, 4.69) is 27.9 Å². The number of esters is 1. The summed E-state index contributed by atoms with van der Waals surface area (Å²) in [5.74, 6) is 0.0933. The number of rotatable bonds is 6. The fourth-order valence-corrected chi connectivity index (χ4v) is 3.44. The first-order chi connectivity index (χ1) is 10.5. The maximum absolute atomic E-state index is 11.8. The number of benzene rings is 1. The molecule has 1 fully saturated rings. The second kappa shape index (κ2) is 8.50. The number of nitrogens with one attached hydrogen (secondary N) is 1. The van der Waals surface area contributed by atoms with Crippen molar-refractivity contribution < 1.29 is 14.3 Å². The Balaban J connectivity index is 1.69. The van der Waals surface area contributed by atoms with E-state index in [1.165, 1.54) is 25.7 Å². The van der Waals surface area contributed by atoms with E-state index >= 15 is 0 Å². The van der Waals surface area contributed by atoms with Crippen molar-refractivity contribution in [1.82, 2.24) is 0 Å². The first-order valence-corrected chi connectivity index (χ1v) is 8.84. The molecule has 1 aliphatic rings.